The Balaban J connectivity index is 2.81. The number of ether oxygens (including phenoxy) is 1. The first-order valence-electron chi connectivity index (χ1n) is 6.75. The van der Waals surface area contributed by atoms with Crippen LogP contribution in [-0.2, 0) is 22.6 Å². The van der Waals surface area contributed by atoms with Crippen molar-refractivity contribution in [3.05, 3.63) is 28.3 Å². The molecule has 1 aromatic rings. The third kappa shape index (κ3) is 4.84. The molecule has 4 heteroatoms. The second kappa shape index (κ2) is 8.18. The molecule has 0 heterocycles. The quantitative estimate of drug-likeness (QED) is 0.763. The molecule has 3 nitrogen and oxygen atoms in total. The predicted molar refractivity (Wildman–Crippen MR) is 79.7 cm³/mol. The van der Waals surface area contributed by atoms with Gasteiger partial charge in [-0.05, 0) is 30.0 Å². The molecule has 0 atom stereocenters. The molecule has 106 valence electrons. The van der Waals surface area contributed by atoms with Crippen molar-refractivity contribution in [2.24, 2.45) is 0 Å². The smallest absolute Gasteiger partial charge is 0.221 e. The van der Waals surface area contributed by atoms with Crippen LogP contribution in [-0.4, -0.2) is 12.5 Å². The second-order valence-corrected chi connectivity index (χ2v) is 4.88. The summed E-state index contributed by atoms with van der Waals surface area (Å²) in [6, 6.07) is 3.81. The van der Waals surface area contributed by atoms with Crippen LogP contribution in [0.15, 0.2) is 12.1 Å². The molecule has 0 aliphatic carbocycles. The van der Waals surface area contributed by atoms with Gasteiger partial charge in [0.1, 0.15) is 0 Å². The average Bonchev–Trinajstić information content (AvgIpc) is 2.36. The molecule has 19 heavy (non-hydrogen) atoms. The van der Waals surface area contributed by atoms with Crippen molar-refractivity contribution in [1.82, 2.24) is 0 Å². The Morgan fingerprint density at radius 3 is 2.68 bits per heavy atom. The fourth-order valence-electron chi connectivity index (χ4n) is 1.86. The largest absolute Gasteiger partial charge is 0.377 e. The number of amides is 1. The topological polar surface area (TPSA) is 38.3 Å². The molecule has 1 rings (SSSR count). The minimum Gasteiger partial charge on any atom is -0.377 e. The van der Waals surface area contributed by atoms with Gasteiger partial charge in [0, 0.05) is 19.2 Å². The number of nitrogens with one attached hydrogen (secondary N) is 1. The SMILES string of the molecule is CCCCOCc1ccc(NC(C)=O)c(CC)c1Cl. The summed E-state index contributed by atoms with van der Waals surface area (Å²) in [5.41, 5.74) is 2.73. The number of rotatable bonds is 7. The zero-order valence-corrected chi connectivity index (χ0v) is 12.6. The maximum Gasteiger partial charge on any atom is 0.221 e. The van der Waals surface area contributed by atoms with Gasteiger partial charge in [-0.15, -0.1) is 0 Å². The molecule has 1 aromatic carbocycles. The lowest BCUT2D eigenvalue weighted by atomic mass is 10.1. The number of hydrogen-bond acceptors (Lipinski definition) is 2. The van der Waals surface area contributed by atoms with Gasteiger partial charge in [0.15, 0.2) is 0 Å². The number of hydrogen-bond donors (Lipinski definition) is 1. The van der Waals surface area contributed by atoms with Gasteiger partial charge >= 0.3 is 0 Å². The van der Waals surface area contributed by atoms with E-state index in [9.17, 15) is 4.79 Å². The van der Waals surface area contributed by atoms with Gasteiger partial charge in [-0.25, -0.2) is 0 Å². The lowest BCUT2D eigenvalue weighted by molar-refractivity contribution is -0.114. The minimum absolute atomic E-state index is 0.0855. The highest BCUT2D eigenvalue weighted by Crippen LogP contribution is 2.29. The van der Waals surface area contributed by atoms with E-state index in [4.69, 9.17) is 16.3 Å². The molecule has 0 spiro atoms. The van der Waals surface area contributed by atoms with Crippen LogP contribution >= 0.6 is 11.6 Å². The first-order valence-corrected chi connectivity index (χ1v) is 7.13. The molecule has 0 radical (unpaired) electrons. The molecule has 0 saturated heterocycles. The maximum absolute atomic E-state index is 11.1. The van der Waals surface area contributed by atoms with Gasteiger partial charge < -0.3 is 10.1 Å². The first-order chi connectivity index (χ1) is 9.10. The highest BCUT2D eigenvalue weighted by molar-refractivity contribution is 6.32. The van der Waals surface area contributed by atoms with Crippen LogP contribution in [0.3, 0.4) is 0 Å². The molecule has 1 N–H and O–H groups in total. The van der Waals surface area contributed by atoms with E-state index in [-0.39, 0.29) is 5.91 Å². The Bertz CT molecular complexity index is 432. The van der Waals surface area contributed by atoms with E-state index >= 15 is 0 Å². The summed E-state index contributed by atoms with van der Waals surface area (Å²) in [6.07, 6.45) is 2.95. The van der Waals surface area contributed by atoms with E-state index < -0.39 is 0 Å². The summed E-state index contributed by atoms with van der Waals surface area (Å²) in [7, 11) is 0. The van der Waals surface area contributed by atoms with Crippen molar-refractivity contribution in [1.29, 1.82) is 0 Å². The van der Waals surface area contributed by atoms with Crippen LogP contribution < -0.4 is 5.32 Å². The van der Waals surface area contributed by atoms with Crippen LogP contribution in [0.2, 0.25) is 5.02 Å². The Hall–Kier alpha value is -1.06. The minimum atomic E-state index is -0.0855. The molecule has 0 aromatic heterocycles. The van der Waals surface area contributed by atoms with Crippen molar-refractivity contribution < 1.29 is 9.53 Å². The van der Waals surface area contributed by atoms with Gasteiger partial charge in [-0.2, -0.15) is 0 Å². The van der Waals surface area contributed by atoms with Crippen LogP contribution in [0.25, 0.3) is 0 Å². The van der Waals surface area contributed by atoms with E-state index in [1.807, 2.05) is 19.1 Å². The van der Waals surface area contributed by atoms with Crippen molar-refractivity contribution in [2.45, 2.75) is 46.6 Å². The summed E-state index contributed by atoms with van der Waals surface area (Å²) in [6.45, 7) is 6.92. The highest BCUT2D eigenvalue weighted by Gasteiger charge is 2.11. The number of unbranched alkanes of at least 4 members (excludes halogenated alkanes) is 1. The molecule has 0 aliphatic rings. The van der Waals surface area contributed by atoms with Crippen LogP contribution in [0, 0.1) is 0 Å². The van der Waals surface area contributed by atoms with Crippen molar-refractivity contribution in [3.8, 4) is 0 Å². The molecule has 0 aliphatic heterocycles. The zero-order valence-electron chi connectivity index (χ0n) is 11.9. The van der Waals surface area contributed by atoms with Crippen LogP contribution in [0.5, 0.6) is 0 Å². The lowest BCUT2D eigenvalue weighted by Gasteiger charge is -2.14. The van der Waals surface area contributed by atoms with E-state index in [1.54, 1.807) is 0 Å². The van der Waals surface area contributed by atoms with Gasteiger partial charge in [0.25, 0.3) is 0 Å². The molecule has 0 unspecified atom stereocenters. The normalized spacial score (nSPS) is 10.5. The number of benzene rings is 1. The monoisotopic (exact) mass is 283 g/mol. The Kier molecular flexibility index (Phi) is 6.89. The third-order valence-corrected chi connectivity index (χ3v) is 3.36. The second-order valence-electron chi connectivity index (χ2n) is 4.51. The molecular weight excluding hydrogens is 262 g/mol. The Morgan fingerprint density at radius 1 is 1.37 bits per heavy atom. The van der Waals surface area contributed by atoms with Crippen LogP contribution in [0.1, 0.15) is 44.7 Å². The van der Waals surface area contributed by atoms with E-state index in [0.717, 1.165) is 42.7 Å². The number of halogens is 1. The standard InChI is InChI=1S/C15H22ClNO2/c1-4-6-9-19-10-12-7-8-14(17-11(3)18)13(5-2)15(12)16/h7-8H,4-6,9-10H2,1-3H3,(H,17,18). The molecule has 0 saturated carbocycles. The fourth-order valence-corrected chi connectivity index (χ4v) is 2.22. The van der Waals surface area contributed by atoms with E-state index in [0.29, 0.717) is 11.6 Å². The number of carbonyl (C=O) groups is 1. The molecular formula is C15H22ClNO2. The summed E-state index contributed by atoms with van der Waals surface area (Å²) >= 11 is 6.38. The average molecular weight is 284 g/mol. The predicted octanol–water partition coefficient (Wildman–Crippen LogP) is 4.18. The Morgan fingerprint density at radius 2 is 2.11 bits per heavy atom. The number of carbonyl (C=O) groups excluding carboxylic acids is 1. The summed E-state index contributed by atoms with van der Waals surface area (Å²) in [4.78, 5) is 11.1. The number of anilines is 1. The van der Waals surface area contributed by atoms with Crippen molar-refractivity contribution in [3.63, 3.8) is 0 Å². The first kappa shape index (κ1) is 16.0. The fraction of sp³-hybridized carbons (Fsp3) is 0.533. The van der Waals surface area contributed by atoms with Gasteiger partial charge in [-0.3, -0.25) is 4.79 Å². The third-order valence-electron chi connectivity index (χ3n) is 2.89. The maximum atomic E-state index is 11.1. The summed E-state index contributed by atoms with van der Waals surface area (Å²) < 4.78 is 5.59. The van der Waals surface area contributed by atoms with E-state index in [1.165, 1.54) is 6.92 Å². The van der Waals surface area contributed by atoms with Crippen molar-refractivity contribution in [2.75, 3.05) is 11.9 Å². The highest BCUT2D eigenvalue weighted by atomic mass is 35.5. The van der Waals surface area contributed by atoms with Gasteiger partial charge in [0.05, 0.1) is 11.6 Å². The molecule has 0 fully saturated rings. The van der Waals surface area contributed by atoms with Gasteiger partial charge in [-0.1, -0.05) is 37.9 Å². The van der Waals surface area contributed by atoms with Gasteiger partial charge in [0.2, 0.25) is 5.91 Å². The molecule has 0 bridgehead atoms. The van der Waals surface area contributed by atoms with Crippen LogP contribution in [0.4, 0.5) is 5.69 Å². The van der Waals surface area contributed by atoms with E-state index in [2.05, 4.69) is 12.2 Å². The summed E-state index contributed by atoms with van der Waals surface area (Å²) in [5, 5.41) is 3.50. The zero-order chi connectivity index (χ0) is 14.3. The molecule has 1 amide bonds. The summed E-state index contributed by atoms with van der Waals surface area (Å²) in [5.74, 6) is -0.0855. The lowest BCUT2D eigenvalue weighted by Crippen LogP contribution is -2.09. The Labute approximate surface area is 120 Å². The van der Waals surface area contributed by atoms with Crippen molar-refractivity contribution >= 4 is 23.2 Å².